The number of hydrogen-bond acceptors (Lipinski definition) is 7. The molecule has 2 amide bonds. The molecule has 1 atom stereocenters. The van der Waals surface area contributed by atoms with Gasteiger partial charge in [-0.15, -0.1) is 0 Å². The van der Waals surface area contributed by atoms with Crippen molar-refractivity contribution in [2.75, 3.05) is 18.0 Å². The summed E-state index contributed by atoms with van der Waals surface area (Å²) in [5.41, 5.74) is -0.0546. The molecule has 3 aromatic rings. The Balaban J connectivity index is 2.15. The van der Waals surface area contributed by atoms with Crippen LogP contribution in [0.5, 0.6) is 5.75 Å². The van der Waals surface area contributed by atoms with Gasteiger partial charge >= 0.3 is 0 Å². The average Bonchev–Trinajstić information content (AvgIpc) is 2.96. The molecule has 0 heterocycles. The lowest BCUT2D eigenvalue weighted by molar-refractivity contribution is -0.385. The monoisotopic (exact) mass is 678 g/mol. The number of nitrogens with zero attached hydrogens (tertiary/aromatic N) is 3. The molecule has 3 rings (SSSR count). The Kier molecular flexibility index (Phi) is 11.5. The maximum atomic E-state index is 14.2. The number of halogens is 2. The van der Waals surface area contributed by atoms with Gasteiger partial charge in [-0.05, 0) is 82.1 Å². The number of sulfonamides is 1. The highest BCUT2D eigenvalue weighted by atomic mass is 35.5. The van der Waals surface area contributed by atoms with Gasteiger partial charge in [0.05, 0.1) is 32.7 Å². The maximum absolute atomic E-state index is 14.2. The molecule has 0 aliphatic carbocycles. The number of methoxy groups -OCH3 is 1. The molecular formula is C31H36Cl2N4O7S. The van der Waals surface area contributed by atoms with Crippen molar-refractivity contribution < 1.29 is 27.7 Å². The van der Waals surface area contributed by atoms with Gasteiger partial charge in [-0.25, -0.2) is 8.42 Å². The van der Waals surface area contributed by atoms with E-state index >= 15 is 0 Å². The van der Waals surface area contributed by atoms with Gasteiger partial charge in [0.25, 0.3) is 15.7 Å². The lowest BCUT2D eigenvalue weighted by Crippen LogP contribution is -2.55. The number of nitrogens with one attached hydrogen (secondary N) is 1. The molecular weight excluding hydrogens is 643 g/mol. The largest absolute Gasteiger partial charge is 0.497 e. The van der Waals surface area contributed by atoms with E-state index in [9.17, 15) is 28.1 Å². The van der Waals surface area contributed by atoms with Crippen molar-refractivity contribution in [3.8, 4) is 5.75 Å². The molecule has 0 fully saturated rings. The fourth-order valence-corrected chi connectivity index (χ4v) is 6.31. The fourth-order valence-electron chi connectivity index (χ4n) is 4.56. The number of aryl methyl sites for hydroxylation is 1. The lowest BCUT2D eigenvalue weighted by Gasteiger charge is -2.34. The van der Waals surface area contributed by atoms with Crippen molar-refractivity contribution in [1.29, 1.82) is 0 Å². The fraction of sp³-hybridized carbons (Fsp3) is 0.355. The Labute approximate surface area is 273 Å². The normalized spacial score (nSPS) is 12.3. The molecule has 0 saturated carbocycles. The van der Waals surface area contributed by atoms with E-state index in [0.717, 1.165) is 10.4 Å². The van der Waals surface area contributed by atoms with Gasteiger partial charge in [0.1, 0.15) is 18.3 Å². The Morgan fingerprint density at radius 3 is 2.20 bits per heavy atom. The third kappa shape index (κ3) is 8.86. The third-order valence-corrected chi connectivity index (χ3v) is 9.33. The molecule has 242 valence electrons. The van der Waals surface area contributed by atoms with E-state index in [0.29, 0.717) is 16.3 Å². The van der Waals surface area contributed by atoms with Gasteiger partial charge in [0, 0.05) is 23.7 Å². The number of amides is 2. The van der Waals surface area contributed by atoms with Gasteiger partial charge in [-0.3, -0.25) is 24.0 Å². The number of ether oxygens (including phenoxy) is 1. The molecule has 14 heteroatoms. The number of carbonyl (C=O) groups is 2. The zero-order valence-corrected chi connectivity index (χ0v) is 28.2. The second-order valence-corrected chi connectivity index (χ2v) is 14.0. The van der Waals surface area contributed by atoms with Crippen molar-refractivity contribution in [3.05, 3.63) is 92.0 Å². The molecule has 3 aromatic carbocycles. The highest BCUT2D eigenvalue weighted by molar-refractivity contribution is 7.92. The highest BCUT2D eigenvalue weighted by Gasteiger charge is 2.35. The minimum Gasteiger partial charge on any atom is -0.497 e. The van der Waals surface area contributed by atoms with Crippen LogP contribution in [0.1, 0.15) is 45.2 Å². The molecule has 0 bridgehead atoms. The number of hydrogen-bond donors (Lipinski definition) is 1. The van der Waals surface area contributed by atoms with Crippen LogP contribution >= 0.6 is 23.2 Å². The molecule has 0 spiro atoms. The zero-order valence-electron chi connectivity index (χ0n) is 25.8. The number of rotatable bonds is 12. The van der Waals surface area contributed by atoms with Crippen molar-refractivity contribution in [1.82, 2.24) is 10.2 Å². The Bertz CT molecular complexity index is 1680. The van der Waals surface area contributed by atoms with E-state index in [4.69, 9.17) is 27.9 Å². The van der Waals surface area contributed by atoms with E-state index in [1.165, 1.54) is 55.3 Å². The van der Waals surface area contributed by atoms with Gasteiger partial charge in [0.15, 0.2) is 0 Å². The predicted octanol–water partition coefficient (Wildman–Crippen LogP) is 6.14. The number of nitro groups is 1. The summed E-state index contributed by atoms with van der Waals surface area (Å²) in [4.78, 5) is 39.6. The van der Waals surface area contributed by atoms with Crippen molar-refractivity contribution >= 4 is 56.4 Å². The second kappa shape index (κ2) is 14.5. The summed E-state index contributed by atoms with van der Waals surface area (Å²) >= 11 is 12.3. The molecule has 0 aromatic heterocycles. The Morgan fingerprint density at radius 1 is 1.02 bits per heavy atom. The smallest absolute Gasteiger partial charge is 0.273 e. The first kappa shape index (κ1) is 35.6. The predicted molar refractivity (Wildman–Crippen MR) is 174 cm³/mol. The first-order valence-electron chi connectivity index (χ1n) is 14.0. The molecule has 11 nitrogen and oxygen atoms in total. The van der Waals surface area contributed by atoms with Crippen LogP contribution in [-0.2, 0) is 26.2 Å². The first-order valence-corrected chi connectivity index (χ1v) is 16.1. The van der Waals surface area contributed by atoms with Crippen molar-refractivity contribution in [2.24, 2.45) is 0 Å². The van der Waals surface area contributed by atoms with E-state index in [1.807, 2.05) is 20.8 Å². The van der Waals surface area contributed by atoms with Crippen LogP contribution in [-0.4, -0.2) is 55.3 Å². The number of benzene rings is 3. The van der Waals surface area contributed by atoms with Crippen LogP contribution in [0.25, 0.3) is 0 Å². The van der Waals surface area contributed by atoms with Gasteiger partial charge in [-0.2, -0.15) is 0 Å². The number of anilines is 1. The third-order valence-electron chi connectivity index (χ3n) is 6.83. The molecule has 1 N–H and O–H groups in total. The number of carbonyl (C=O) groups excluding carboxylic acids is 2. The van der Waals surface area contributed by atoms with E-state index < -0.39 is 44.9 Å². The topological polar surface area (TPSA) is 139 Å². The summed E-state index contributed by atoms with van der Waals surface area (Å²) in [5, 5.41) is 15.1. The molecule has 0 aliphatic heterocycles. The summed E-state index contributed by atoms with van der Waals surface area (Å²) in [6, 6.07) is 13.3. The van der Waals surface area contributed by atoms with Crippen molar-refractivity contribution in [3.63, 3.8) is 0 Å². The molecule has 0 radical (unpaired) electrons. The number of nitro benzene ring substituents is 1. The van der Waals surface area contributed by atoms with Crippen LogP contribution in [0.4, 0.5) is 11.4 Å². The average molecular weight is 680 g/mol. The van der Waals surface area contributed by atoms with E-state index in [2.05, 4.69) is 5.32 Å². The molecule has 1 unspecified atom stereocenters. The van der Waals surface area contributed by atoms with Gasteiger partial charge < -0.3 is 15.0 Å². The standard InChI is InChI=1S/C31H36Cl2N4O7S/c1-7-27(30(39)34-31(3,4)5)35(18-21-9-15-25(32)26(33)16-21)29(38)19-36(22-10-12-23(44-6)13-11-22)45(42,43)24-14-8-20(2)28(17-24)37(40)41/h8-17,27H,7,18-19H2,1-6H3,(H,34,39). The minimum absolute atomic E-state index is 0.0850. The zero-order chi connectivity index (χ0) is 33.7. The van der Waals surface area contributed by atoms with E-state index in [1.54, 1.807) is 25.1 Å². The highest BCUT2D eigenvalue weighted by Crippen LogP contribution is 2.30. The van der Waals surface area contributed by atoms with Crippen LogP contribution in [0.3, 0.4) is 0 Å². The lowest BCUT2D eigenvalue weighted by atomic mass is 10.1. The summed E-state index contributed by atoms with van der Waals surface area (Å²) < 4.78 is 34.3. The Hall–Kier alpha value is -3.87. The van der Waals surface area contributed by atoms with Crippen LogP contribution in [0.15, 0.2) is 65.6 Å². The van der Waals surface area contributed by atoms with Crippen LogP contribution < -0.4 is 14.4 Å². The second-order valence-electron chi connectivity index (χ2n) is 11.3. The first-order chi connectivity index (χ1) is 21.0. The van der Waals surface area contributed by atoms with Crippen molar-refractivity contribution in [2.45, 2.75) is 64.1 Å². The quantitative estimate of drug-likeness (QED) is 0.179. The van der Waals surface area contributed by atoms with Gasteiger partial charge in [0.2, 0.25) is 11.8 Å². The SMILES string of the molecule is CCC(C(=O)NC(C)(C)C)N(Cc1ccc(Cl)c(Cl)c1)C(=O)CN(c1ccc(OC)cc1)S(=O)(=O)c1ccc(C)c([N+](=O)[O-])c1. The van der Waals surface area contributed by atoms with Crippen LogP contribution in [0.2, 0.25) is 10.0 Å². The van der Waals surface area contributed by atoms with Crippen LogP contribution in [0, 0.1) is 17.0 Å². The summed E-state index contributed by atoms with van der Waals surface area (Å²) in [5.74, 6) is -0.677. The van der Waals surface area contributed by atoms with Gasteiger partial charge in [-0.1, -0.05) is 42.3 Å². The molecule has 45 heavy (non-hydrogen) atoms. The summed E-state index contributed by atoms with van der Waals surface area (Å²) in [7, 11) is -3.09. The Morgan fingerprint density at radius 2 is 1.67 bits per heavy atom. The summed E-state index contributed by atoms with van der Waals surface area (Å²) in [6.07, 6.45) is 0.217. The summed E-state index contributed by atoms with van der Waals surface area (Å²) in [6.45, 7) is 7.85. The molecule has 0 saturated heterocycles. The maximum Gasteiger partial charge on any atom is 0.273 e. The van der Waals surface area contributed by atoms with E-state index in [-0.39, 0.29) is 39.8 Å². The molecule has 0 aliphatic rings. The minimum atomic E-state index is -4.54.